The molecule has 0 aliphatic rings. The van der Waals surface area contributed by atoms with Crippen LogP contribution in [0.4, 0.5) is 8.78 Å². The minimum atomic E-state index is -1.49. The van der Waals surface area contributed by atoms with Gasteiger partial charge >= 0.3 is 5.97 Å². The molecule has 102 valence electrons. The van der Waals surface area contributed by atoms with Crippen LogP contribution in [0.2, 0.25) is 0 Å². The standard InChI is InChI=1S/C13H13F2NO3/c1-2-3-4-5-16-12(17)8-6-10(14)11(15)7-9(8)13(18)19/h2-3,6-7H,4-5H2,1H3,(H,16,17)(H,18,19)/b3-2+. The van der Waals surface area contributed by atoms with E-state index in [0.29, 0.717) is 18.6 Å². The first-order valence-electron chi connectivity index (χ1n) is 5.59. The molecule has 0 radical (unpaired) electrons. The molecular weight excluding hydrogens is 256 g/mol. The number of carboxylic acids is 1. The smallest absolute Gasteiger partial charge is 0.336 e. The number of hydrogen-bond acceptors (Lipinski definition) is 2. The zero-order valence-electron chi connectivity index (χ0n) is 10.2. The summed E-state index contributed by atoms with van der Waals surface area (Å²) in [5.74, 6) is -4.80. The van der Waals surface area contributed by atoms with Crippen molar-refractivity contribution < 1.29 is 23.5 Å². The van der Waals surface area contributed by atoms with Crippen molar-refractivity contribution in [3.05, 3.63) is 47.0 Å². The number of rotatable bonds is 5. The number of aromatic carboxylic acids is 1. The zero-order valence-corrected chi connectivity index (χ0v) is 10.2. The van der Waals surface area contributed by atoms with Crippen LogP contribution in [-0.2, 0) is 0 Å². The SMILES string of the molecule is C/C=C/CCNC(=O)c1cc(F)c(F)cc1C(=O)O. The maximum Gasteiger partial charge on any atom is 0.336 e. The maximum atomic E-state index is 13.1. The van der Waals surface area contributed by atoms with Crippen LogP contribution in [0, 0.1) is 11.6 Å². The van der Waals surface area contributed by atoms with Gasteiger partial charge in [0, 0.05) is 6.54 Å². The minimum absolute atomic E-state index is 0.279. The Balaban J connectivity index is 2.95. The van der Waals surface area contributed by atoms with Crippen LogP contribution in [0.3, 0.4) is 0 Å². The molecule has 0 saturated carbocycles. The Labute approximate surface area is 108 Å². The van der Waals surface area contributed by atoms with E-state index in [-0.39, 0.29) is 6.54 Å². The molecule has 1 aromatic rings. The van der Waals surface area contributed by atoms with Crippen molar-refractivity contribution in [2.75, 3.05) is 6.54 Å². The first kappa shape index (κ1) is 14.8. The first-order chi connectivity index (χ1) is 8.97. The molecule has 1 amide bonds. The van der Waals surface area contributed by atoms with E-state index in [1.165, 1.54) is 0 Å². The molecule has 0 spiro atoms. The highest BCUT2D eigenvalue weighted by Crippen LogP contribution is 2.15. The molecule has 6 heteroatoms. The van der Waals surface area contributed by atoms with Gasteiger partial charge < -0.3 is 10.4 Å². The van der Waals surface area contributed by atoms with Gasteiger partial charge in [-0.25, -0.2) is 13.6 Å². The fraction of sp³-hybridized carbons (Fsp3) is 0.231. The molecule has 0 atom stereocenters. The van der Waals surface area contributed by atoms with Crippen molar-refractivity contribution in [1.29, 1.82) is 0 Å². The Morgan fingerprint density at radius 2 is 1.84 bits per heavy atom. The molecule has 0 aromatic heterocycles. The van der Waals surface area contributed by atoms with Gasteiger partial charge in [0.25, 0.3) is 5.91 Å². The molecule has 2 N–H and O–H groups in total. The van der Waals surface area contributed by atoms with Crippen LogP contribution in [-0.4, -0.2) is 23.5 Å². The Morgan fingerprint density at radius 3 is 2.37 bits per heavy atom. The fourth-order valence-electron chi connectivity index (χ4n) is 1.44. The summed E-state index contributed by atoms with van der Waals surface area (Å²) >= 11 is 0. The second kappa shape index (κ2) is 6.63. The zero-order chi connectivity index (χ0) is 14.4. The topological polar surface area (TPSA) is 66.4 Å². The molecule has 1 aromatic carbocycles. The summed E-state index contributed by atoms with van der Waals surface area (Å²) in [6.07, 6.45) is 4.17. The molecule has 0 aliphatic heterocycles. The number of halogens is 2. The van der Waals surface area contributed by atoms with Crippen molar-refractivity contribution in [2.45, 2.75) is 13.3 Å². The summed E-state index contributed by atoms with van der Waals surface area (Å²) in [4.78, 5) is 22.6. The lowest BCUT2D eigenvalue weighted by Gasteiger charge is -2.07. The van der Waals surface area contributed by atoms with Crippen LogP contribution in [0.5, 0.6) is 0 Å². The third-order valence-electron chi connectivity index (χ3n) is 2.37. The van der Waals surface area contributed by atoms with Gasteiger partial charge in [-0.2, -0.15) is 0 Å². The van der Waals surface area contributed by atoms with E-state index in [0.717, 1.165) is 0 Å². The molecule has 0 heterocycles. The molecular formula is C13H13F2NO3. The van der Waals surface area contributed by atoms with Crippen LogP contribution >= 0.6 is 0 Å². The van der Waals surface area contributed by atoms with E-state index in [1.807, 2.05) is 13.0 Å². The largest absolute Gasteiger partial charge is 0.478 e. The van der Waals surface area contributed by atoms with E-state index in [9.17, 15) is 18.4 Å². The third-order valence-corrected chi connectivity index (χ3v) is 2.37. The monoisotopic (exact) mass is 269 g/mol. The molecule has 0 saturated heterocycles. The predicted molar refractivity (Wildman–Crippen MR) is 65.1 cm³/mol. The third kappa shape index (κ3) is 3.87. The van der Waals surface area contributed by atoms with E-state index >= 15 is 0 Å². The summed E-state index contributed by atoms with van der Waals surface area (Å²) in [5.41, 5.74) is -0.964. The van der Waals surface area contributed by atoms with Gasteiger partial charge in [-0.15, -0.1) is 0 Å². The summed E-state index contributed by atoms with van der Waals surface area (Å²) in [7, 11) is 0. The number of carbonyl (C=O) groups excluding carboxylic acids is 1. The van der Waals surface area contributed by atoms with Crippen LogP contribution in [0.15, 0.2) is 24.3 Å². The molecule has 0 fully saturated rings. The highest BCUT2D eigenvalue weighted by atomic mass is 19.2. The quantitative estimate of drug-likeness (QED) is 0.637. The summed E-state index contributed by atoms with van der Waals surface area (Å²) in [5, 5.41) is 11.3. The van der Waals surface area contributed by atoms with Crippen LogP contribution in [0.25, 0.3) is 0 Å². The van der Waals surface area contributed by atoms with Crippen molar-refractivity contribution in [1.82, 2.24) is 5.32 Å². The van der Waals surface area contributed by atoms with Crippen molar-refractivity contribution >= 4 is 11.9 Å². The second-order valence-electron chi connectivity index (χ2n) is 3.73. The van der Waals surface area contributed by atoms with E-state index < -0.39 is 34.6 Å². The average Bonchev–Trinajstić information content (AvgIpc) is 2.36. The van der Waals surface area contributed by atoms with Gasteiger partial charge in [-0.3, -0.25) is 4.79 Å². The number of benzene rings is 1. The fourth-order valence-corrected chi connectivity index (χ4v) is 1.44. The summed E-state index contributed by atoms with van der Waals surface area (Å²) in [6.45, 7) is 2.10. The Bertz CT molecular complexity index is 527. The lowest BCUT2D eigenvalue weighted by molar-refractivity contribution is 0.0690. The van der Waals surface area contributed by atoms with Gasteiger partial charge in [-0.1, -0.05) is 12.2 Å². The van der Waals surface area contributed by atoms with Gasteiger partial charge in [-0.05, 0) is 25.5 Å². The molecule has 4 nitrogen and oxygen atoms in total. The van der Waals surface area contributed by atoms with Crippen LogP contribution < -0.4 is 5.32 Å². The number of hydrogen-bond donors (Lipinski definition) is 2. The molecule has 19 heavy (non-hydrogen) atoms. The van der Waals surface area contributed by atoms with E-state index in [4.69, 9.17) is 5.11 Å². The highest BCUT2D eigenvalue weighted by molar-refractivity contribution is 6.04. The average molecular weight is 269 g/mol. The lowest BCUT2D eigenvalue weighted by Crippen LogP contribution is -2.26. The Kier molecular flexibility index (Phi) is 5.17. The summed E-state index contributed by atoms with van der Waals surface area (Å²) in [6, 6.07) is 1.09. The normalized spacial score (nSPS) is 10.7. The van der Waals surface area contributed by atoms with Crippen LogP contribution in [0.1, 0.15) is 34.1 Å². The molecule has 0 bridgehead atoms. The molecule has 0 unspecified atom stereocenters. The van der Waals surface area contributed by atoms with Gasteiger partial charge in [0.05, 0.1) is 11.1 Å². The highest BCUT2D eigenvalue weighted by Gasteiger charge is 2.19. The lowest BCUT2D eigenvalue weighted by atomic mass is 10.1. The first-order valence-corrected chi connectivity index (χ1v) is 5.59. The minimum Gasteiger partial charge on any atom is -0.478 e. The Morgan fingerprint density at radius 1 is 1.26 bits per heavy atom. The summed E-state index contributed by atoms with van der Waals surface area (Å²) < 4.78 is 26.0. The van der Waals surface area contributed by atoms with Crippen molar-refractivity contribution in [3.63, 3.8) is 0 Å². The van der Waals surface area contributed by atoms with Crippen molar-refractivity contribution in [2.24, 2.45) is 0 Å². The van der Waals surface area contributed by atoms with Gasteiger partial charge in [0.2, 0.25) is 0 Å². The predicted octanol–water partition coefficient (Wildman–Crippen LogP) is 2.36. The Hall–Kier alpha value is -2.24. The molecule has 0 aliphatic carbocycles. The van der Waals surface area contributed by atoms with Gasteiger partial charge in [0.1, 0.15) is 0 Å². The van der Waals surface area contributed by atoms with Crippen molar-refractivity contribution in [3.8, 4) is 0 Å². The van der Waals surface area contributed by atoms with E-state index in [1.54, 1.807) is 6.08 Å². The maximum absolute atomic E-state index is 13.1. The van der Waals surface area contributed by atoms with Gasteiger partial charge in [0.15, 0.2) is 11.6 Å². The number of allylic oxidation sites excluding steroid dienone is 1. The molecule has 1 rings (SSSR count). The van der Waals surface area contributed by atoms with E-state index in [2.05, 4.69) is 5.32 Å². The number of carbonyl (C=O) groups is 2. The second-order valence-corrected chi connectivity index (χ2v) is 3.73. The number of amides is 1. The number of nitrogens with one attached hydrogen (secondary N) is 1. The number of carboxylic acid groups (broad SMARTS) is 1.